The van der Waals surface area contributed by atoms with E-state index in [9.17, 15) is 5.11 Å². The summed E-state index contributed by atoms with van der Waals surface area (Å²) in [6, 6.07) is 12.5. The monoisotopic (exact) mass is 407 g/mol. The van der Waals surface area contributed by atoms with Gasteiger partial charge in [0.15, 0.2) is 0 Å². The van der Waals surface area contributed by atoms with Crippen LogP contribution in [0.5, 0.6) is 0 Å². The number of hydrogen-bond acceptors (Lipinski definition) is 6. The number of aliphatic hydroxyl groups excluding tert-OH is 1. The molecule has 0 bridgehead atoms. The van der Waals surface area contributed by atoms with Gasteiger partial charge < -0.3 is 19.8 Å². The van der Waals surface area contributed by atoms with Crippen LogP contribution >= 0.6 is 11.6 Å². The lowest BCUT2D eigenvalue weighted by Crippen LogP contribution is -2.23. The normalized spacial score (nSPS) is 13.2. The molecule has 0 saturated heterocycles. The van der Waals surface area contributed by atoms with E-state index in [-0.39, 0.29) is 5.89 Å². The van der Waals surface area contributed by atoms with Gasteiger partial charge in [-0.2, -0.15) is 5.26 Å². The molecule has 0 unspecified atom stereocenters. The van der Waals surface area contributed by atoms with Crippen molar-refractivity contribution >= 4 is 28.2 Å². The fourth-order valence-electron chi connectivity index (χ4n) is 3.15. The molecule has 4 rings (SSSR count). The van der Waals surface area contributed by atoms with Crippen LogP contribution in [-0.2, 0) is 0 Å². The number of anilines is 1. The second-order valence-electron chi connectivity index (χ2n) is 6.80. The average molecular weight is 408 g/mol. The van der Waals surface area contributed by atoms with Gasteiger partial charge in [0.1, 0.15) is 12.1 Å². The molecule has 2 aromatic heterocycles. The molecule has 4 aromatic rings. The number of fused-ring (bicyclic) bond motifs is 1. The molecule has 0 saturated carbocycles. The van der Waals surface area contributed by atoms with E-state index in [2.05, 4.69) is 26.6 Å². The Morgan fingerprint density at radius 3 is 2.83 bits per heavy atom. The summed E-state index contributed by atoms with van der Waals surface area (Å²) < 4.78 is 5.87. The van der Waals surface area contributed by atoms with E-state index in [1.165, 1.54) is 0 Å². The molecule has 0 aliphatic heterocycles. The van der Waals surface area contributed by atoms with Gasteiger partial charge in [0.05, 0.1) is 16.7 Å². The van der Waals surface area contributed by atoms with Crippen LogP contribution in [-0.4, -0.2) is 26.4 Å². The molecule has 0 radical (unpaired) electrons. The number of halogens is 1. The maximum absolute atomic E-state index is 10.3. The highest BCUT2D eigenvalue weighted by atomic mass is 35.5. The molecule has 0 spiro atoms. The van der Waals surface area contributed by atoms with Crippen LogP contribution in [0.1, 0.15) is 30.0 Å². The summed E-state index contributed by atoms with van der Waals surface area (Å²) in [4.78, 5) is 3.14. The Morgan fingerprint density at radius 2 is 2.07 bits per heavy atom. The third kappa shape index (κ3) is 3.56. The Kier molecular flexibility index (Phi) is 4.97. The van der Waals surface area contributed by atoms with Crippen LogP contribution in [0.4, 0.5) is 5.69 Å². The number of aliphatic hydroxyl groups is 1. The van der Waals surface area contributed by atoms with Gasteiger partial charge in [-0.1, -0.05) is 11.6 Å². The van der Waals surface area contributed by atoms with Crippen molar-refractivity contribution in [3.8, 4) is 17.5 Å². The van der Waals surface area contributed by atoms with Crippen molar-refractivity contribution in [2.45, 2.75) is 26.0 Å². The Bertz CT molecular complexity index is 1220. The predicted molar refractivity (Wildman–Crippen MR) is 111 cm³/mol. The fourth-order valence-corrected chi connectivity index (χ4v) is 3.35. The van der Waals surface area contributed by atoms with Crippen LogP contribution in [0, 0.1) is 18.3 Å². The first-order chi connectivity index (χ1) is 14.0. The Hall–Kier alpha value is -3.34. The highest BCUT2D eigenvalue weighted by Crippen LogP contribution is 2.32. The fraction of sp³-hybridized carbons (Fsp3) is 0.190. The van der Waals surface area contributed by atoms with Crippen molar-refractivity contribution in [1.29, 1.82) is 5.26 Å². The van der Waals surface area contributed by atoms with Crippen molar-refractivity contribution in [3.63, 3.8) is 0 Å². The smallest absolute Gasteiger partial charge is 0.247 e. The Labute approximate surface area is 172 Å². The zero-order valence-corrected chi connectivity index (χ0v) is 16.5. The van der Waals surface area contributed by atoms with Gasteiger partial charge in [-0.15, -0.1) is 10.2 Å². The minimum Gasteiger partial charge on any atom is -0.418 e. The van der Waals surface area contributed by atoms with Crippen molar-refractivity contribution in [3.05, 3.63) is 64.6 Å². The molecule has 0 amide bonds. The van der Waals surface area contributed by atoms with Gasteiger partial charge in [0.2, 0.25) is 11.8 Å². The Morgan fingerprint density at radius 1 is 1.24 bits per heavy atom. The van der Waals surface area contributed by atoms with Crippen LogP contribution in [0.25, 0.3) is 22.4 Å². The summed E-state index contributed by atoms with van der Waals surface area (Å²) in [5.74, 6) is 0.620. The molecule has 146 valence electrons. The second-order valence-corrected chi connectivity index (χ2v) is 7.18. The number of rotatable bonds is 5. The lowest BCUT2D eigenvalue weighted by molar-refractivity contribution is 0.159. The molecule has 2 atom stereocenters. The van der Waals surface area contributed by atoms with E-state index >= 15 is 0 Å². The number of nitrogens with one attached hydrogen (secondary N) is 2. The lowest BCUT2D eigenvalue weighted by Gasteiger charge is -2.21. The predicted octanol–water partition coefficient (Wildman–Crippen LogP) is 4.59. The topological polar surface area (TPSA) is 111 Å². The molecule has 29 heavy (non-hydrogen) atoms. The number of aromatic amines is 1. The molecule has 7 nitrogen and oxygen atoms in total. The highest BCUT2D eigenvalue weighted by molar-refractivity contribution is 6.32. The number of benzene rings is 2. The van der Waals surface area contributed by atoms with Gasteiger partial charge >= 0.3 is 0 Å². The van der Waals surface area contributed by atoms with Crippen LogP contribution in [0.15, 0.2) is 47.0 Å². The van der Waals surface area contributed by atoms with E-state index < -0.39 is 12.1 Å². The summed E-state index contributed by atoms with van der Waals surface area (Å²) in [7, 11) is 0. The third-order valence-electron chi connectivity index (χ3n) is 4.81. The van der Waals surface area contributed by atoms with Crippen molar-refractivity contribution in [1.82, 2.24) is 15.2 Å². The molecular formula is C21H18ClN5O2. The summed E-state index contributed by atoms with van der Waals surface area (Å²) in [5, 5.41) is 32.3. The van der Waals surface area contributed by atoms with E-state index in [4.69, 9.17) is 21.3 Å². The second kappa shape index (κ2) is 7.59. The average Bonchev–Trinajstić information content (AvgIpc) is 3.37. The zero-order chi connectivity index (χ0) is 20.5. The van der Waals surface area contributed by atoms with Gasteiger partial charge in [-0.25, -0.2) is 0 Å². The minimum absolute atomic E-state index is 0.254. The van der Waals surface area contributed by atoms with Gasteiger partial charge in [-0.05, 0) is 55.8 Å². The zero-order valence-electron chi connectivity index (χ0n) is 15.8. The first kappa shape index (κ1) is 19.0. The quantitative estimate of drug-likeness (QED) is 0.446. The SMILES string of the molecule is Cc1c(N[C@@H](c2nnc(-c3ccc4[nH]ccc4c3)o2)[C@H](C)O)ccc(C#N)c1Cl. The van der Waals surface area contributed by atoms with Gasteiger partial charge in [0, 0.05) is 28.4 Å². The van der Waals surface area contributed by atoms with Crippen molar-refractivity contribution < 1.29 is 9.52 Å². The molecule has 2 heterocycles. The molecule has 8 heteroatoms. The van der Waals surface area contributed by atoms with Gasteiger partial charge in [0.25, 0.3) is 0 Å². The summed E-state index contributed by atoms with van der Waals surface area (Å²) in [5.41, 5.74) is 3.58. The maximum Gasteiger partial charge on any atom is 0.247 e. The molecular weight excluding hydrogens is 390 g/mol. The summed E-state index contributed by atoms with van der Waals surface area (Å²) >= 11 is 6.25. The summed E-state index contributed by atoms with van der Waals surface area (Å²) in [6.07, 6.45) is 1.05. The minimum atomic E-state index is -0.815. The van der Waals surface area contributed by atoms with Crippen LogP contribution < -0.4 is 5.32 Å². The highest BCUT2D eigenvalue weighted by Gasteiger charge is 2.25. The van der Waals surface area contributed by atoms with Gasteiger partial charge in [-0.3, -0.25) is 0 Å². The molecule has 0 aliphatic rings. The van der Waals surface area contributed by atoms with E-state index in [0.717, 1.165) is 16.5 Å². The van der Waals surface area contributed by atoms with E-state index in [1.807, 2.05) is 30.5 Å². The first-order valence-electron chi connectivity index (χ1n) is 9.02. The standard InChI is InChI=1S/C21H18ClN5O2/c1-11-16(5-4-15(10-23)18(11)22)25-19(12(2)28)21-27-26-20(29-21)14-3-6-17-13(9-14)7-8-24-17/h3-9,12,19,24-25,28H,1-2H3/t12-,19+/m0/s1. The first-order valence-corrected chi connectivity index (χ1v) is 9.40. The largest absolute Gasteiger partial charge is 0.418 e. The Balaban J connectivity index is 1.65. The van der Waals surface area contributed by atoms with E-state index in [1.54, 1.807) is 26.0 Å². The van der Waals surface area contributed by atoms with Crippen LogP contribution in [0.3, 0.4) is 0 Å². The number of nitrogens with zero attached hydrogens (tertiary/aromatic N) is 3. The third-order valence-corrected chi connectivity index (χ3v) is 5.29. The van der Waals surface area contributed by atoms with Crippen LogP contribution in [0.2, 0.25) is 5.02 Å². The van der Waals surface area contributed by atoms with E-state index in [0.29, 0.717) is 27.7 Å². The lowest BCUT2D eigenvalue weighted by atomic mass is 10.1. The van der Waals surface area contributed by atoms with Crippen molar-refractivity contribution in [2.24, 2.45) is 0 Å². The number of H-pyrrole nitrogens is 1. The maximum atomic E-state index is 10.3. The molecule has 2 aromatic carbocycles. The number of hydrogen-bond donors (Lipinski definition) is 3. The molecule has 0 aliphatic carbocycles. The van der Waals surface area contributed by atoms with Crippen molar-refractivity contribution in [2.75, 3.05) is 5.32 Å². The molecule has 3 N–H and O–H groups in total. The number of aromatic nitrogens is 3. The number of nitriles is 1. The molecule has 0 fully saturated rings. The summed E-state index contributed by atoms with van der Waals surface area (Å²) in [6.45, 7) is 3.43.